The molecule has 3 saturated heterocycles. The molecule has 3 heterocycles. The summed E-state index contributed by atoms with van der Waals surface area (Å²) in [6, 6.07) is 0. The van der Waals surface area contributed by atoms with E-state index in [-0.39, 0.29) is 5.41 Å². The van der Waals surface area contributed by atoms with Gasteiger partial charge in [0.05, 0.1) is 13.2 Å². The zero-order valence-electron chi connectivity index (χ0n) is 15.2. The Hall–Kier alpha value is -0.120. The number of ether oxygens (including phenoxy) is 2. The SMILES string of the molecule is CCCCCCCCN1CC2(CC)COC1(CCCC)OC2. The molecule has 2 bridgehead atoms. The monoisotopic (exact) mass is 311 g/mol. The van der Waals surface area contributed by atoms with Crippen LogP contribution >= 0.6 is 0 Å². The standard InChI is InChI=1S/C19H37NO2/c1-4-7-9-10-11-12-14-20-15-18(6-3)16-21-19(20,22-17-18)13-8-5-2/h4-17H2,1-3H3. The highest BCUT2D eigenvalue weighted by molar-refractivity contribution is 4.95. The number of hydrogen-bond acceptors (Lipinski definition) is 3. The summed E-state index contributed by atoms with van der Waals surface area (Å²) in [5.41, 5.74) is 0.246. The zero-order chi connectivity index (χ0) is 15.9. The van der Waals surface area contributed by atoms with E-state index < -0.39 is 5.91 Å². The average molecular weight is 312 g/mol. The summed E-state index contributed by atoms with van der Waals surface area (Å²) in [7, 11) is 0. The topological polar surface area (TPSA) is 21.7 Å². The molecule has 0 aromatic carbocycles. The van der Waals surface area contributed by atoms with Crippen molar-refractivity contribution in [2.75, 3.05) is 26.3 Å². The third kappa shape index (κ3) is 4.24. The Kier molecular flexibility index (Phi) is 7.17. The van der Waals surface area contributed by atoms with Crippen molar-refractivity contribution in [2.45, 2.75) is 90.9 Å². The van der Waals surface area contributed by atoms with Crippen LogP contribution < -0.4 is 0 Å². The van der Waals surface area contributed by atoms with Gasteiger partial charge in [-0.1, -0.05) is 59.3 Å². The second-order valence-electron chi connectivity index (χ2n) is 7.44. The molecule has 22 heavy (non-hydrogen) atoms. The van der Waals surface area contributed by atoms with Gasteiger partial charge in [0.1, 0.15) is 0 Å². The van der Waals surface area contributed by atoms with Gasteiger partial charge in [-0.15, -0.1) is 0 Å². The van der Waals surface area contributed by atoms with Crippen LogP contribution in [0.4, 0.5) is 0 Å². The lowest BCUT2D eigenvalue weighted by molar-refractivity contribution is -0.412. The van der Waals surface area contributed by atoms with Gasteiger partial charge in [-0.2, -0.15) is 0 Å². The van der Waals surface area contributed by atoms with Crippen LogP contribution in [-0.2, 0) is 9.47 Å². The summed E-state index contributed by atoms with van der Waals surface area (Å²) in [5.74, 6) is -0.393. The molecular formula is C19H37NO2. The van der Waals surface area contributed by atoms with E-state index in [1.54, 1.807) is 0 Å². The number of rotatable bonds is 11. The van der Waals surface area contributed by atoms with Crippen LogP contribution in [-0.4, -0.2) is 37.1 Å². The molecule has 0 aromatic heterocycles. The Balaban J connectivity index is 1.85. The maximum atomic E-state index is 6.27. The van der Waals surface area contributed by atoms with Crippen molar-refractivity contribution < 1.29 is 9.47 Å². The van der Waals surface area contributed by atoms with Gasteiger partial charge in [-0.3, -0.25) is 4.90 Å². The van der Waals surface area contributed by atoms with Crippen molar-refractivity contribution in [3.8, 4) is 0 Å². The molecule has 0 atom stereocenters. The first-order chi connectivity index (χ1) is 10.7. The first-order valence-electron chi connectivity index (χ1n) is 9.73. The fourth-order valence-electron chi connectivity index (χ4n) is 3.77. The van der Waals surface area contributed by atoms with E-state index in [0.717, 1.165) is 32.6 Å². The molecule has 0 spiro atoms. The summed E-state index contributed by atoms with van der Waals surface area (Å²) < 4.78 is 12.5. The molecule has 3 fully saturated rings. The highest BCUT2D eigenvalue weighted by Crippen LogP contribution is 2.44. The molecule has 0 aliphatic carbocycles. The van der Waals surface area contributed by atoms with Crippen molar-refractivity contribution in [3.63, 3.8) is 0 Å². The highest BCUT2D eigenvalue weighted by atomic mass is 16.7. The molecule has 3 heteroatoms. The lowest BCUT2D eigenvalue weighted by Crippen LogP contribution is -2.69. The smallest absolute Gasteiger partial charge is 0.230 e. The summed E-state index contributed by atoms with van der Waals surface area (Å²) in [6.07, 6.45) is 12.7. The van der Waals surface area contributed by atoms with Gasteiger partial charge >= 0.3 is 0 Å². The molecule has 0 N–H and O–H groups in total. The molecule has 130 valence electrons. The minimum atomic E-state index is -0.393. The Labute approximate surface area is 137 Å². The number of nitrogens with zero attached hydrogens (tertiary/aromatic N) is 1. The zero-order valence-corrected chi connectivity index (χ0v) is 15.2. The lowest BCUT2D eigenvalue weighted by Gasteiger charge is -2.58. The van der Waals surface area contributed by atoms with Gasteiger partial charge in [0.2, 0.25) is 5.91 Å². The minimum Gasteiger partial charge on any atom is -0.336 e. The molecular weight excluding hydrogens is 274 g/mol. The molecule has 3 rings (SSSR count). The first kappa shape index (κ1) is 18.2. The third-order valence-electron chi connectivity index (χ3n) is 5.59. The summed E-state index contributed by atoms with van der Waals surface area (Å²) in [6.45, 7) is 10.9. The minimum absolute atomic E-state index is 0.246. The fraction of sp³-hybridized carbons (Fsp3) is 1.00. The molecule has 0 amide bonds. The van der Waals surface area contributed by atoms with Crippen LogP contribution in [0.1, 0.15) is 85.0 Å². The lowest BCUT2D eigenvalue weighted by atomic mass is 9.82. The third-order valence-corrected chi connectivity index (χ3v) is 5.59. The normalized spacial score (nSPS) is 31.8. The molecule has 0 radical (unpaired) electrons. The second-order valence-corrected chi connectivity index (χ2v) is 7.44. The van der Waals surface area contributed by atoms with Crippen LogP contribution in [0.5, 0.6) is 0 Å². The van der Waals surface area contributed by atoms with Gasteiger partial charge < -0.3 is 9.47 Å². The number of hydrogen-bond donors (Lipinski definition) is 0. The largest absolute Gasteiger partial charge is 0.336 e. The van der Waals surface area contributed by atoms with Gasteiger partial charge in [0, 0.05) is 24.9 Å². The van der Waals surface area contributed by atoms with E-state index in [4.69, 9.17) is 9.47 Å². The van der Waals surface area contributed by atoms with Crippen molar-refractivity contribution >= 4 is 0 Å². The Morgan fingerprint density at radius 2 is 1.45 bits per heavy atom. The molecule has 3 aliphatic rings. The summed E-state index contributed by atoms with van der Waals surface area (Å²) in [4.78, 5) is 2.53. The van der Waals surface area contributed by atoms with Crippen LogP contribution in [0.25, 0.3) is 0 Å². The van der Waals surface area contributed by atoms with Crippen LogP contribution in [0.15, 0.2) is 0 Å². The van der Waals surface area contributed by atoms with E-state index in [2.05, 4.69) is 25.7 Å². The summed E-state index contributed by atoms with van der Waals surface area (Å²) >= 11 is 0. The van der Waals surface area contributed by atoms with E-state index in [9.17, 15) is 0 Å². The Bertz CT molecular complexity index is 311. The van der Waals surface area contributed by atoms with Gasteiger partial charge in [-0.05, 0) is 19.3 Å². The van der Waals surface area contributed by atoms with E-state index in [1.807, 2.05) is 0 Å². The van der Waals surface area contributed by atoms with Crippen LogP contribution in [0.3, 0.4) is 0 Å². The Morgan fingerprint density at radius 1 is 0.818 bits per heavy atom. The maximum absolute atomic E-state index is 6.27. The average Bonchev–Trinajstić information content (AvgIpc) is 2.57. The van der Waals surface area contributed by atoms with Crippen molar-refractivity contribution in [3.05, 3.63) is 0 Å². The number of fused-ring (bicyclic) bond motifs is 3. The molecule has 0 aromatic rings. The predicted molar refractivity (Wildman–Crippen MR) is 91.8 cm³/mol. The quantitative estimate of drug-likeness (QED) is 0.504. The molecule has 0 saturated carbocycles. The highest BCUT2D eigenvalue weighted by Gasteiger charge is 2.54. The Morgan fingerprint density at radius 3 is 2.09 bits per heavy atom. The number of unbranched alkanes of at least 4 members (excludes halogenated alkanes) is 6. The van der Waals surface area contributed by atoms with Crippen LogP contribution in [0, 0.1) is 5.41 Å². The van der Waals surface area contributed by atoms with Gasteiger partial charge in [-0.25, -0.2) is 0 Å². The van der Waals surface area contributed by atoms with Crippen molar-refractivity contribution in [2.24, 2.45) is 5.41 Å². The molecule has 3 nitrogen and oxygen atoms in total. The fourth-order valence-corrected chi connectivity index (χ4v) is 3.77. The van der Waals surface area contributed by atoms with Crippen molar-refractivity contribution in [1.29, 1.82) is 0 Å². The first-order valence-corrected chi connectivity index (χ1v) is 9.73. The van der Waals surface area contributed by atoms with Gasteiger partial charge in [0.25, 0.3) is 0 Å². The predicted octanol–water partition coefficient (Wildman–Crippen LogP) is 4.95. The second kappa shape index (κ2) is 8.65. The van der Waals surface area contributed by atoms with Crippen molar-refractivity contribution in [1.82, 2.24) is 4.90 Å². The molecule has 0 unspecified atom stereocenters. The van der Waals surface area contributed by atoms with Gasteiger partial charge in [0.15, 0.2) is 0 Å². The van der Waals surface area contributed by atoms with E-state index >= 15 is 0 Å². The summed E-state index contributed by atoms with van der Waals surface area (Å²) in [5, 5.41) is 0. The van der Waals surface area contributed by atoms with E-state index in [1.165, 1.54) is 57.9 Å². The van der Waals surface area contributed by atoms with E-state index in [0.29, 0.717) is 0 Å². The van der Waals surface area contributed by atoms with Crippen LogP contribution in [0.2, 0.25) is 0 Å². The molecule has 3 aliphatic heterocycles. The maximum Gasteiger partial charge on any atom is 0.230 e.